The van der Waals surface area contributed by atoms with Crippen molar-refractivity contribution in [2.75, 3.05) is 23.3 Å². The van der Waals surface area contributed by atoms with Gasteiger partial charge in [-0.1, -0.05) is 29.5 Å². The zero-order valence-electron chi connectivity index (χ0n) is 22.4. The zero-order valence-corrected chi connectivity index (χ0v) is 24.0. The van der Waals surface area contributed by atoms with Crippen molar-refractivity contribution in [1.82, 2.24) is 4.57 Å². The van der Waals surface area contributed by atoms with Crippen LogP contribution in [0, 0.1) is 17.8 Å². The van der Waals surface area contributed by atoms with Crippen molar-refractivity contribution < 1.29 is 18.0 Å². The van der Waals surface area contributed by atoms with Crippen molar-refractivity contribution in [2.45, 2.75) is 62.0 Å². The molecule has 1 amide bonds. The number of nitrogens with one attached hydrogen (secondary N) is 1. The molecule has 2 saturated carbocycles. The Morgan fingerprint density at radius 1 is 1.07 bits per heavy atom. The number of carbonyl (C=O) groups excluding carboxylic acids is 1. The Kier molecular flexibility index (Phi) is 7.27. The van der Waals surface area contributed by atoms with Gasteiger partial charge in [0, 0.05) is 40.5 Å². The molecular weight excluding hydrogens is 555 g/mol. The average molecular weight is 588 g/mol. The molecule has 6 rings (SSSR count). The highest BCUT2D eigenvalue weighted by Crippen LogP contribution is 2.64. The quantitative estimate of drug-likeness (QED) is 0.322. The van der Waals surface area contributed by atoms with E-state index in [2.05, 4.69) is 48.3 Å². The van der Waals surface area contributed by atoms with Crippen LogP contribution in [0.25, 0.3) is 0 Å². The summed E-state index contributed by atoms with van der Waals surface area (Å²) in [6.07, 6.45) is -0.862. The number of aromatic nitrogens is 1. The molecule has 1 N–H and O–H groups in total. The molecule has 2 bridgehead atoms. The fourth-order valence-corrected chi connectivity index (χ4v) is 10.2. The fraction of sp³-hybridized carbons (Fsp3) is 0.467. The van der Waals surface area contributed by atoms with Crippen LogP contribution in [-0.4, -0.2) is 28.8 Å². The van der Waals surface area contributed by atoms with Gasteiger partial charge in [-0.25, -0.2) is 0 Å². The lowest BCUT2D eigenvalue weighted by atomic mass is 9.75. The summed E-state index contributed by atoms with van der Waals surface area (Å²) in [5.41, 5.74) is 1.62. The number of thioether (sulfide) groups is 1. The van der Waals surface area contributed by atoms with Crippen LogP contribution in [0.1, 0.15) is 55.0 Å². The Bertz CT molecular complexity index is 1460. The van der Waals surface area contributed by atoms with Crippen molar-refractivity contribution in [1.29, 1.82) is 0 Å². The van der Waals surface area contributed by atoms with E-state index in [0.717, 1.165) is 35.1 Å². The summed E-state index contributed by atoms with van der Waals surface area (Å²) in [6, 6.07) is 13.3. The highest BCUT2D eigenvalue weighted by molar-refractivity contribution is 8.00. The molecule has 3 aromatic rings. The van der Waals surface area contributed by atoms with Crippen LogP contribution in [0.2, 0.25) is 0 Å². The highest BCUT2D eigenvalue weighted by atomic mass is 32.2. The van der Waals surface area contributed by atoms with Crippen LogP contribution in [0.5, 0.6) is 0 Å². The molecule has 2 aliphatic carbocycles. The molecule has 3 aliphatic rings. The van der Waals surface area contributed by atoms with Gasteiger partial charge in [0.25, 0.3) is 0 Å². The van der Waals surface area contributed by atoms with E-state index in [9.17, 15) is 22.8 Å². The lowest BCUT2D eigenvalue weighted by Gasteiger charge is -2.40. The molecule has 40 heavy (non-hydrogen) atoms. The van der Waals surface area contributed by atoms with E-state index in [1.54, 1.807) is 11.8 Å². The smallest absolute Gasteiger partial charge is 0.372 e. The van der Waals surface area contributed by atoms with Crippen LogP contribution in [0.4, 0.5) is 24.5 Å². The molecule has 212 valence electrons. The number of fused-ring (bicyclic) bond motifs is 6. The van der Waals surface area contributed by atoms with E-state index < -0.39 is 17.6 Å². The van der Waals surface area contributed by atoms with E-state index in [4.69, 9.17) is 0 Å². The molecule has 1 aliphatic heterocycles. The van der Waals surface area contributed by atoms with Gasteiger partial charge in [-0.05, 0) is 86.8 Å². The molecule has 2 aromatic carbocycles. The van der Waals surface area contributed by atoms with Gasteiger partial charge in [0.05, 0.1) is 10.6 Å². The first-order chi connectivity index (χ1) is 19.2. The van der Waals surface area contributed by atoms with Gasteiger partial charge in [0.1, 0.15) is 6.54 Å². The minimum atomic E-state index is -4.50. The molecule has 2 heterocycles. The van der Waals surface area contributed by atoms with Gasteiger partial charge >= 0.3 is 11.0 Å². The first-order valence-corrected chi connectivity index (χ1v) is 15.6. The number of carbonyl (C=O) groups is 1. The summed E-state index contributed by atoms with van der Waals surface area (Å²) in [7, 11) is 0. The lowest BCUT2D eigenvalue weighted by molar-refractivity contribution is -0.137. The summed E-state index contributed by atoms with van der Waals surface area (Å²) in [5, 5.41) is 3.80. The molecule has 2 fully saturated rings. The number of halogens is 3. The van der Waals surface area contributed by atoms with Crippen molar-refractivity contribution in [3.63, 3.8) is 0 Å². The molecule has 0 spiro atoms. The minimum Gasteiger partial charge on any atom is -0.372 e. The second kappa shape index (κ2) is 10.6. The largest absolute Gasteiger partial charge is 0.416 e. The SMILES string of the molecule is CCN(CC)c1ccc(C2c3sc(=O)n(CC(=O)Nc4cccc(C(F)(F)F)c4)c3SC3C4CCC(C4)C23)cc1. The first kappa shape index (κ1) is 27.4. The number of hydrogen-bond acceptors (Lipinski definition) is 5. The maximum absolute atomic E-state index is 13.3. The molecule has 5 nitrogen and oxygen atoms in total. The summed E-state index contributed by atoms with van der Waals surface area (Å²) in [5.74, 6) is 1.29. The van der Waals surface area contributed by atoms with Crippen molar-refractivity contribution in [3.05, 3.63) is 74.2 Å². The summed E-state index contributed by atoms with van der Waals surface area (Å²) in [4.78, 5) is 29.4. The van der Waals surface area contributed by atoms with E-state index in [1.807, 2.05) is 0 Å². The van der Waals surface area contributed by atoms with Crippen molar-refractivity contribution >= 4 is 40.4 Å². The Morgan fingerprint density at radius 2 is 1.80 bits per heavy atom. The second-order valence-corrected chi connectivity index (χ2v) is 13.1. The number of amides is 1. The number of nitrogens with zero attached hydrogens (tertiary/aromatic N) is 2. The highest BCUT2D eigenvalue weighted by Gasteiger charge is 2.55. The second-order valence-electron chi connectivity index (χ2n) is 11.0. The maximum atomic E-state index is 13.3. The predicted molar refractivity (Wildman–Crippen MR) is 154 cm³/mol. The Hall–Kier alpha value is -2.72. The normalized spacial score (nSPS) is 25.0. The van der Waals surface area contributed by atoms with Gasteiger partial charge in [-0.15, -0.1) is 11.8 Å². The number of alkyl halides is 3. The third kappa shape index (κ3) is 4.87. The van der Waals surface area contributed by atoms with Crippen molar-refractivity contribution in [2.24, 2.45) is 17.8 Å². The summed E-state index contributed by atoms with van der Waals surface area (Å²) < 4.78 is 40.9. The number of thiazole rings is 1. The number of rotatable bonds is 7. The molecular formula is C30H32F3N3O2S2. The standard InChI is InChI=1S/C30H32F3N3O2S2/c1-3-35(4-2)22-12-10-17(11-13-22)24-25-18-8-9-19(14-18)26(25)39-28-27(24)40-29(38)36(28)16-23(37)34-21-7-5-6-20(15-21)30(31,32)33/h5-7,10-13,15,18-19,24-26H,3-4,8-9,14,16H2,1-2H3,(H,34,37). The Labute approximate surface area is 239 Å². The van der Waals surface area contributed by atoms with E-state index in [0.29, 0.717) is 23.0 Å². The number of anilines is 2. The predicted octanol–water partition coefficient (Wildman–Crippen LogP) is 7.07. The van der Waals surface area contributed by atoms with Crippen LogP contribution in [0.3, 0.4) is 0 Å². The topological polar surface area (TPSA) is 54.3 Å². The van der Waals surface area contributed by atoms with E-state index in [1.165, 1.54) is 58.5 Å². The molecule has 10 heteroatoms. The van der Waals surface area contributed by atoms with Crippen LogP contribution in [-0.2, 0) is 17.5 Å². The fourth-order valence-electron chi connectivity index (χ4n) is 7.06. The average Bonchev–Trinajstić information content (AvgIpc) is 3.63. The van der Waals surface area contributed by atoms with Crippen LogP contribution < -0.4 is 15.1 Å². The van der Waals surface area contributed by atoms with Crippen LogP contribution in [0.15, 0.2) is 58.4 Å². The monoisotopic (exact) mass is 587 g/mol. The Balaban J connectivity index is 1.32. The van der Waals surface area contributed by atoms with Gasteiger partial charge in [-0.3, -0.25) is 14.2 Å². The first-order valence-electron chi connectivity index (χ1n) is 13.9. The van der Waals surface area contributed by atoms with E-state index in [-0.39, 0.29) is 23.0 Å². The van der Waals surface area contributed by atoms with Crippen LogP contribution >= 0.6 is 23.1 Å². The molecule has 5 atom stereocenters. The van der Waals surface area contributed by atoms with Gasteiger partial charge in [0.15, 0.2) is 0 Å². The summed E-state index contributed by atoms with van der Waals surface area (Å²) >= 11 is 2.96. The molecule has 0 radical (unpaired) electrons. The molecule has 0 saturated heterocycles. The third-order valence-corrected chi connectivity index (χ3v) is 11.7. The zero-order chi connectivity index (χ0) is 28.2. The Morgan fingerprint density at radius 3 is 2.50 bits per heavy atom. The van der Waals surface area contributed by atoms with Gasteiger partial charge in [-0.2, -0.15) is 13.2 Å². The minimum absolute atomic E-state index is 0.0592. The lowest BCUT2D eigenvalue weighted by Crippen LogP contribution is -2.35. The molecule has 5 unspecified atom stereocenters. The molecule has 1 aromatic heterocycles. The van der Waals surface area contributed by atoms with Gasteiger partial charge < -0.3 is 10.2 Å². The summed E-state index contributed by atoms with van der Waals surface area (Å²) in [6.45, 7) is 5.92. The van der Waals surface area contributed by atoms with Crippen molar-refractivity contribution in [3.8, 4) is 0 Å². The van der Waals surface area contributed by atoms with E-state index >= 15 is 0 Å². The number of benzene rings is 2. The maximum Gasteiger partial charge on any atom is 0.416 e. The third-order valence-electron chi connectivity index (χ3n) is 8.85. The van der Waals surface area contributed by atoms with Gasteiger partial charge in [0.2, 0.25) is 5.91 Å². The number of hydrogen-bond donors (Lipinski definition) is 1.